The summed E-state index contributed by atoms with van der Waals surface area (Å²) < 4.78 is 26.6. The van der Waals surface area contributed by atoms with Crippen molar-refractivity contribution in [1.29, 1.82) is 0 Å². The van der Waals surface area contributed by atoms with Crippen LogP contribution in [0.25, 0.3) is 0 Å². The van der Waals surface area contributed by atoms with Gasteiger partial charge >= 0.3 is 0 Å². The quantitative estimate of drug-likeness (QED) is 0.667. The van der Waals surface area contributed by atoms with Gasteiger partial charge in [0.25, 0.3) is 0 Å². The van der Waals surface area contributed by atoms with Gasteiger partial charge in [-0.3, -0.25) is 0 Å². The Morgan fingerprint density at radius 1 is 1.00 bits per heavy atom. The van der Waals surface area contributed by atoms with Crippen LogP contribution in [0.3, 0.4) is 0 Å². The third kappa shape index (κ3) is 7.01. The summed E-state index contributed by atoms with van der Waals surface area (Å²) in [6, 6.07) is 0.312. The number of nitrogens with one attached hydrogen (secondary N) is 2. The zero-order valence-corrected chi connectivity index (χ0v) is 12.6. The highest BCUT2D eigenvalue weighted by atomic mass is 32.2. The third-order valence-electron chi connectivity index (χ3n) is 3.07. The number of sulfonamides is 1. The van der Waals surface area contributed by atoms with Crippen LogP contribution in [0.4, 0.5) is 0 Å². The van der Waals surface area contributed by atoms with Gasteiger partial charge in [0.2, 0.25) is 10.0 Å². The Morgan fingerprint density at radius 2 is 1.53 bits per heavy atom. The normalized spacial score (nSPS) is 14.5. The maximum atomic E-state index is 11.9. The van der Waals surface area contributed by atoms with Crippen LogP contribution in [0.15, 0.2) is 0 Å². The molecule has 0 spiro atoms. The largest absolute Gasteiger partial charge is 0.313 e. The van der Waals surface area contributed by atoms with Gasteiger partial charge in [0.1, 0.15) is 0 Å². The third-order valence-corrected chi connectivity index (χ3v) is 4.87. The van der Waals surface area contributed by atoms with Gasteiger partial charge in [0.15, 0.2) is 0 Å². The molecule has 0 rings (SSSR count). The van der Waals surface area contributed by atoms with Gasteiger partial charge in [-0.05, 0) is 12.8 Å². The Morgan fingerprint density at radius 3 is 1.94 bits per heavy atom. The van der Waals surface area contributed by atoms with E-state index >= 15 is 0 Å². The molecule has 2 N–H and O–H groups in total. The molecule has 4 nitrogen and oxygen atoms in total. The zero-order chi connectivity index (χ0) is 13.5. The summed E-state index contributed by atoms with van der Waals surface area (Å²) in [5, 5.41) is 2.76. The SMILES string of the molecule is CCC(CC)CNS(=O)(=O)C(C)CNC(C)C. The van der Waals surface area contributed by atoms with Crippen LogP contribution >= 0.6 is 0 Å². The molecule has 5 heteroatoms. The van der Waals surface area contributed by atoms with Crippen LogP contribution in [0.2, 0.25) is 0 Å². The molecule has 0 saturated heterocycles. The van der Waals surface area contributed by atoms with Crippen LogP contribution in [0, 0.1) is 5.92 Å². The number of hydrogen-bond acceptors (Lipinski definition) is 3. The molecule has 1 atom stereocenters. The van der Waals surface area contributed by atoms with E-state index in [-0.39, 0.29) is 5.25 Å². The van der Waals surface area contributed by atoms with Crippen LogP contribution in [0.1, 0.15) is 47.5 Å². The van der Waals surface area contributed by atoms with E-state index in [1.807, 2.05) is 13.8 Å². The smallest absolute Gasteiger partial charge is 0.215 e. The van der Waals surface area contributed by atoms with Gasteiger partial charge in [-0.1, -0.05) is 40.5 Å². The fourth-order valence-corrected chi connectivity index (χ4v) is 2.53. The Hall–Kier alpha value is -0.130. The highest BCUT2D eigenvalue weighted by Crippen LogP contribution is 2.07. The molecule has 0 aromatic heterocycles. The summed E-state index contributed by atoms with van der Waals surface area (Å²) in [7, 11) is -3.18. The van der Waals surface area contributed by atoms with Crippen molar-refractivity contribution in [3.63, 3.8) is 0 Å². The van der Waals surface area contributed by atoms with E-state index < -0.39 is 10.0 Å². The van der Waals surface area contributed by atoms with E-state index in [0.717, 1.165) is 12.8 Å². The molecule has 0 aliphatic rings. The average Bonchev–Trinajstić information content (AvgIpc) is 2.27. The summed E-state index contributed by atoms with van der Waals surface area (Å²) in [6.07, 6.45) is 2.02. The van der Waals surface area contributed by atoms with Crippen molar-refractivity contribution in [2.45, 2.75) is 58.8 Å². The van der Waals surface area contributed by atoms with E-state index in [1.54, 1.807) is 6.92 Å². The fraction of sp³-hybridized carbons (Fsp3) is 1.00. The fourth-order valence-electron chi connectivity index (χ4n) is 1.46. The van der Waals surface area contributed by atoms with Crippen LogP contribution in [0.5, 0.6) is 0 Å². The molecule has 1 unspecified atom stereocenters. The number of hydrogen-bond donors (Lipinski definition) is 2. The monoisotopic (exact) mass is 264 g/mol. The van der Waals surface area contributed by atoms with Crippen molar-refractivity contribution in [1.82, 2.24) is 10.0 Å². The predicted octanol–water partition coefficient (Wildman–Crippen LogP) is 1.73. The van der Waals surface area contributed by atoms with Gasteiger partial charge in [0.05, 0.1) is 5.25 Å². The first-order chi connectivity index (χ1) is 7.83. The Kier molecular flexibility index (Phi) is 8.00. The molecule has 0 aromatic carbocycles. The maximum Gasteiger partial charge on any atom is 0.215 e. The van der Waals surface area contributed by atoms with Gasteiger partial charge in [-0.2, -0.15) is 0 Å². The first-order valence-electron chi connectivity index (χ1n) is 6.55. The van der Waals surface area contributed by atoms with Gasteiger partial charge in [0, 0.05) is 19.1 Å². The molecule has 0 bridgehead atoms. The second-order valence-corrected chi connectivity index (χ2v) is 7.13. The second kappa shape index (κ2) is 8.06. The maximum absolute atomic E-state index is 11.9. The van der Waals surface area contributed by atoms with E-state index in [2.05, 4.69) is 23.9 Å². The van der Waals surface area contributed by atoms with Gasteiger partial charge in [-0.25, -0.2) is 13.1 Å². The molecule has 0 radical (unpaired) electrons. The molecule has 0 fully saturated rings. The number of rotatable bonds is 9. The summed E-state index contributed by atoms with van der Waals surface area (Å²) in [4.78, 5) is 0. The first kappa shape index (κ1) is 16.9. The molecule has 0 amide bonds. The highest BCUT2D eigenvalue weighted by Gasteiger charge is 2.21. The lowest BCUT2D eigenvalue weighted by atomic mass is 10.0. The Labute approximate surface area is 107 Å². The minimum Gasteiger partial charge on any atom is -0.313 e. The highest BCUT2D eigenvalue weighted by molar-refractivity contribution is 7.90. The van der Waals surface area contributed by atoms with Crippen molar-refractivity contribution in [2.75, 3.05) is 13.1 Å². The second-order valence-electron chi connectivity index (χ2n) is 4.95. The summed E-state index contributed by atoms with van der Waals surface area (Å²) in [5.41, 5.74) is 0. The Bertz CT molecular complexity index is 285. The van der Waals surface area contributed by atoms with Crippen molar-refractivity contribution < 1.29 is 8.42 Å². The van der Waals surface area contributed by atoms with Crippen molar-refractivity contribution in [3.8, 4) is 0 Å². The van der Waals surface area contributed by atoms with Crippen molar-refractivity contribution in [2.24, 2.45) is 5.92 Å². The van der Waals surface area contributed by atoms with Crippen LogP contribution < -0.4 is 10.0 Å². The van der Waals surface area contributed by atoms with E-state index in [0.29, 0.717) is 25.0 Å². The van der Waals surface area contributed by atoms with E-state index in [1.165, 1.54) is 0 Å². The Balaban J connectivity index is 4.18. The minimum absolute atomic E-state index is 0.312. The summed E-state index contributed by atoms with van der Waals surface area (Å²) in [5.74, 6) is 0.440. The van der Waals surface area contributed by atoms with Gasteiger partial charge in [-0.15, -0.1) is 0 Å². The minimum atomic E-state index is -3.18. The molecule has 0 saturated carbocycles. The summed E-state index contributed by atoms with van der Waals surface area (Å²) >= 11 is 0. The van der Waals surface area contributed by atoms with Crippen LogP contribution in [-0.4, -0.2) is 32.8 Å². The molecular weight excluding hydrogens is 236 g/mol. The lowest BCUT2D eigenvalue weighted by Gasteiger charge is -2.18. The topological polar surface area (TPSA) is 58.2 Å². The van der Waals surface area contributed by atoms with E-state index in [9.17, 15) is 8.42 Å². The van der Waals surface area contributed by atoms with Crippen molar-refractivity contribution in [3.05, 3.63) is 0 Å². The van der Waals surface area contributed by atoms with Crippen molar-refractivity contribution >= 4 is 10.0 Å². The molecular formula is C12H28N2O2S. The molecule has 104 valence electrons. The molecule has 0 heterocycles. The average molecular weight is 264 g/mol. The molecule has 0 aliphatic carbocycles. The standard InChI is InChI=1S/C12H28N2O2S/c1-6-12(7-2)9-14-17(15,16)11(5)8-13-10(3)4/h10-14H,6-9H2,1-5H3. The molecule has 17 heavy (non-hydrogen) atoms. The zero-order valence-electron chi connectivity index (χ0n) is 11.8. The van der Waals surface area contributed by atoms with E-state index in [4.69, 9.17) is 0 Å². The van der Waals surface area contributed by atoms with Crippen LogP contribution in [-0.2, 0) is 10.0 Å². The van der Waals surface area contributed by atoms with Gasteiger partial charge < -0.3 is 5.32 Å². The lowest BCUT2D eigenvalue weighted by Crippen LogP contribution is -2.42. The summed E-state index contributed by atoms with van der Waals surface area (Å²) in [6.45, 7) is 11.0. The molecule has 0 aromatic rings. The first-order valence-corrected chi connectivity index (χ1v) is 8.09. The lowest BCUT2D eigenvalue weighted by molar-refractivity contribution is 0.474. The molecule has 0 aliphatic heterocycles. The predicted molar refractivity (Wildman–Crippen MR) is 73.6 cm³/mol.